The summed E-state index contributed by atoms with van der Waals surface area (Å²) in [5.41, 5.74) is 3.04. The Hall–Kier alpha value is -0.780. The summed E-state index contributed by atoms with van der Waals surface area (Å²) in [5.74, 6) is 2.81. The van der Waals surface area contributed by atoms with Gasteiger partial charge in [-0.1, -0.05) is 38.1 Å². The average Bonchev–Trinajstić information content (AvgIpc) is 2.33. The summed E-state index contributed by atoms with van der Waals surface area (Å²) in [6.07, 6.45) is 7.09. The van der Waals surface area contributed by atoms with Crippen LogP contribution < -0.4 is 0 Å². The molecule has 0 bridgehead atoms. The normalized spacial score (nSPS) is 25.2. The largest absolute Gasteiger partial charge is 0.0625 e. The molecule has 0 saturated heterocycles. The van der Waals surface area contributed by atoms with Gasteiger partial charge in [0.25, 0.3) is 0 Å². The molecule has 1 aromatic carbocycles. The lowest BCUT2D eigenvalue weighted by atomic mass is 9.75. The van der Waals surface area contributed by atoms with E-state index in [1.54, 1.807) is 5.56 Å². The van der Waals surface area contributed by atoms with Crippen LogP contribution in [0.4, 0.5) is 0 Å². The molecule has 0 atom stereocenters. The van der Waals surface area contributed by atoms with Gasteiger partial charge in [0, 0.05) is 0 Å². The van der Waals surface area contributed by atoms with Crippen LogP contribution in [-0.4, -0.2) is 0 Å². The standard InChI is InChI=1S/C17H26/c1-13(2)16-10-8-15(9-11-16)12-17-7-5-4-6-14(17)3/h4-7,13,15-16H,8-12H2,1-3H3. The molecule has 0 radical (unpaired) electrons. The van der Waals surface area contributed by atoms with Gasteiger partial charge < -0.3 is 0 Å². The van der Waals surface area contributed by atoms with Crippen molar-refractivity contribution < 1.29 is 0 Å². The van der Waals surface area contributed by atoms with E-state index < -0.39 is 0 Å². The molecule has 1 saturated carbocycles. The van der Waals surface area contributed by atoms with E-state index in [-0.39, 0.29) is 0 Å². The third kappa shape index (κ3) is 3.34. The second-order valence-corrected chi connectivity index (χ2v) is 6.16. The summed E-state index contributed by atoms with van der Waals surface area (Å²) in [7, 11) is 0. The zero-order chi connectivity index (χ0) is 12.3. The van der Waals surface area contributed by atoms with Crippen molar-refractivity contribution in [3.63, 3.8) is 0 Å². The van der Waals surface area contributed by atoms with Gasteiger partial charge in [0.2, 0.25) is 0 Å². The van der Waals surface area contributed by atoms with Crippen LogP contribution >= 0.6 is 0 Å². The lowest BCUT2D eigenvalue weighted by molar-refractivity contribution is 0.223. The molecule has 0 spiro atoms. The van der Waals surface area contributed by atoms with Crippen LogP contribution in [0, 0.1) is 24.7 Å². The Morgan fingerprint density at radius 3 is 2.29 bits per heavy atom. The van der Waals surface area contributed by atoms with Gasteiger partial charge in [-0.2, -0.15) is 0 Å². The molecule has 0 N–H and O–H groups in total. The summed E-state index contributed by atoms with van der Waals surface area (Å²) in [4.78, 5) is 0. The molecule has 17 heavy (non-hydrogen) atoms. The third-order valence-corrected chi connectivity index (χ3v) is 4.60. The van der Waals surface area contributed by atoms with Crippen LogP contribution in [0.25, 0.3) is 0 Å². The fraction of sp³-hybridized carbons (Fsp3) is 0.647. The van der Waals surface area contributed by atoms with Crippen LogP contribution in [0.3, 0.4) is 0 Å². The molecule has 0 aliphatic heterocycles. The van der Waals surface area contributed by atoms with Gasteiger partial charge in [0.05, 0.1) is 0 Å². The van der Waals surface area contributed by atoms with E-state index in [0.717, 1.165) is 17.8 Å². The van der Waals surface area contributed by atoms with Crippen molar-refractivity contribution in [2.24, 2.45) is 17.8 Å². The molecular weight excluding hydrogens is 204 g/mol. The van der Waals surface area contributed by atoms with E-state index in [1.807, 2.05) is 0 Å². The topological polar surface area (TPSA) is 0 Å². The first-order valence-corrected chi connectivity index (χ1v) is 7.21. The minimum atomic E-state index is 0.884. The van der Waals surface area contributed by atoms with E-state index >= 15 is 0 Å². The zero-order valence-corrected chi connectivity index (χ0v) is 11.6. The minimum absolute atomic E-state index is 0.884. The van der Waals surface area contributed by atoms with Crippen molar-refractivity contribution in [3.8, 4) is 0 Å². The Bertz CT molecular complexity index is 343. The van der Waals surface area contributed by atoms with Gasteiger partial charge in [-0.05, 0) is 67.9 Å². The smallest absolute Gasteiger partial charge is 0.0248 e. The molecule has 0 heterocycles. The monoisotopic (exact) mass is 230 g/mol. The van der Waals surface area contributed by atoms with E-state index in [4.69, 9.17) is 0 Å². The highest BCUT2D eigenvalue weighted by Crippen LogP contribution is 2.35. The predicted molar refractivity (Wildman–Crippen MR) is 75.2 cm³/mol. The van der Waals surface area contributed by atoms with Gasteiger partial charge in [0.1, 0.15) is 0 Å². The first-order valence-electron chi connectivity index (χ1n) is 7.21. The fourth-order valence-electron chi connectivity index (χ4n) is 3.21. The van der Waals surface area contributed by atoms with Gasteiger partial charge in [-0.15, -0.1) is 0 Å². The molecule has 1 aliphatic rings. The molecule has 0 unspecified atom stereocenters. The third-order valence-electron chi connectivity index (χ3n) is 4.60. The molecule has 1 aromatic rings. The van der Waals surface area contributed by atoms with Crippen LogP contribution in [0.1, 0.15) is 50.7 Å². The number of hydrogen-bond donors (Lipinski definition) is 0. The van der Waals surface area contributed by atoms with Gasteiger partial charge >= 0.3 is 0 Å². The quantitative estimate of drug-likeness (QED) is 0.685. The second-order valence-electron chi connectivity index (χ2n) is 6.16. The SMILES string of the molecule is Cc1ccccc1CC1CCC(C(C)C)CC1. The van der Waals surface area contributed by atoms with Crippen LogP contribution in [0.2, 0.25) is 0 Å². The fourth-order valence-corrected chi connectivity index (χ4v) is 3.21. The molecule has 2 rings (SSSR count). The Labute approximate surface area is 106 Å². The average molecular weight is 230 g/mol. The molecular formula is C17H26. The molecule has 0 heteroatoms. The minimum Gasteiger partial charge on any atom is -0.0625 e. The van der Waals surface area contributed by atoms with Gasteiger partial charge in [-0.3, -0.25) is 0 Å². The van der Waals surface area contributed by atoms with Crippen LogP contribution in [-0.2, 0) is 6.42 Å². The first-order chi connectivity index (χ1) is 8.16. The maximum absolute atomic E-state index is 2.38. The number of rotatable bonds is 3. The summed E-state index contributed by atoms with van der Waals surface area (Å²) < 4.78 is 0. The Morgan fingerprint density at radius 1 is 1.06 bits per heavy atom. The van der Waals surface area contributed by atoms with Crippen LogP contribution in [0.5, 0.6) is 0 Å². The summed E-state index contributed by atoms with van der Waals surface area (Å²) in [6.45, 7) is 7.01. The van der Waals surface area contributed by atoms with E-state index in [0.29, 0.717) is 0 Å². The lowest BCUT2D eigenvalue weighted by Crippen LogP contribution is -2.20. The molecule has 1 fully saturated rings. The van der Waals surface area contributed by atoms with Crippen molar-refractivity contribution in [1.29, 1.82) is 0 Å². The van der Waals surface area contributed by atoms with Crippen molar-refractivity contribution in [1.82, 2.24) is 0 Å². The Balaban J connectivity index is 1.88. The van der Waals surface area contributed by atoms with E-state index in [2.05, 4.69) is 45.0 Å². The highest BCUT2D eigenvalue weighted by Gasteiger charge is 2.23. The van der Waals surface area contributed by atoms with Crippen molar-refractivity contribution >= 4 is 0 Å². The molecule has 94 valence electrons. The Kier molecular flexibility index (Phi) is 4.25. The van der Waals surface area contributed by atoms with E-state index in [1.165, 1.54) is 37.7 Å². The zero-order valence-electron chi connectivity index (χ0n) is 11.6. The van der Waals surface area contributed by atoms with Crippen LogP contribution in [0.15, 0.2) is 24.3 Å². The summed E-state index contributed by atoms with van der Waals surface area (Å²) in [6, 6.07) is 8.88. The number of benzene rings is 1. The van der Waals surface area contributed by atoms with E-state index in [9.17, 15) is 0 Å². The molecule has 0 aromatic heterocycles. The lowest BCUT2D eigenvalue weighted by Gasteiger charge is -2.31. The number of aryl methyl sites for hydroxylation is 1. The maximum atomic E-state index is 2.38. The second kappa shape index (κ2) is 5.71. The molecule has 1 aliphatic carbocycles. The maximum Gasteiger partial charge on any atom is -0.0248 e. The van der Waals surface area contributed by atoms with Gasteiger partial charge in [0.15, 0.2) is 0 Å². The molecule has 0 nitrogen and oxygen atoms in total. The van der Waals surface area contributed by atoms with Crippen molar-refractivity contribution in [2.45, 2.75) is 52.9 Å². The predicted octanol–water partition coefficient (Wildman–Crippen LogP) is 5.00. The van der Waals surface area contributed by atoms with Gasteiger partial charge in [-0.25, -0.2) is 0 Å². The number of hydrogen-bond acceptors (Lipinski definition) is 0. The highest BCUT2D eigenvalue weighted by atomic mass is 14.3. The van der Waals surface area contributed by atoms with Crippen molar-refractivity contribution in [2.75, 3.05) is 0 Å². The Morgan fingerprint density at radius 2 is 1.71 bits per heavy atom. The summed E-state index contributed by atoms with van der Waals surface area (Å²) in [5, 5.41) is 0. The van der Waals surface area contributed by atoms with Crippen molar-refractivity contribution in [3.05, 3.63) is 35.4 Å². The first kappa shape index (κ1) is 12.7. The molecule has 0 amide bonds. The highest BCUT2D eigenvalue weighted by molar-refractivity contribution is 5.25. The summed E-state index contributed by atoms with van der Waals surface area (Å²) >= 11 is 0.